The van der Waals surface area contributed by atoms with Crippen molar-refractivity contribution in [2.45, 2.75) is 65.5 Å². The number of carbonyl (C=O) groups is 2. The van der Waals surface area contributed by atoms with E-state index in [1.165, 1.54) is 21.6 Å². The van der Waals surface area contributed by atoms with E-state index in [1.807, 2.05) is 29.6 Å². The molecular weight excluding hydrogens is 562 g/mol. The van der Waals surface area contributed by atoms with Crippen LogP contribution in [-0.4, -0.2) is 34.5 Å². The van der Waals surface area contributed by atoms with Gasteiger partial charge in [0, 0.05) is 20.8 Å². The molecule has 2 fully saturated rings. The molecule has 1 aliphatic carbocycles. The lowest BCUT2D eigenvalue weighted by Gasteiger charge is -2.33. The summed E-state index contributed by atoms with van der Waals surface area (Å²) in [6.45, 7) is 7.43. The average Bonchev–Trinajstić information content (AvgIpc) is 3.61. The Hall–Kier alpha value is -2.22. The molecule has 2 aliphatic heterocycles. The molecule has 0 saturated carbocycles. The number of nitrogens with zero attached hydrogens (tertiary/aromatic N) is 1. The summed E-state index contributed by atoms with van der Waals surface area (Å²) >= 11 is 5.09. The summed E-state index contributed by atoms with van der Waals surface area (Å²) in [5, 5.41) is 12.3. The highest BCUT2D eigenvalue weighted by molar-refractivity contribution is 9.10. The highest BCUT2D eigenvalue weighted by Crippen LogP contribution is 2.51. The van der Waals surface area contributed by atoms with E-state index >= 15 is 0 Å². The van der Waals surface area contributed by atoms with Crippen LogP contribution in [0.25, 0.3) is 6.08 Å². The molecule has 2 aromatic rings. The smallest absolute Gasteiger partial charge is 0.234 e. The van der Waals surface area contributed by atoms with Crippen LogP contribution in [0, 0.1) is 23.7 Å². The molecular formula is C31H36BrNO4S. The Kier molecular flexibility index (Phi) is 8.27. The summed E-state index contributed by atoms with van der Waals surface area (Å²) in [7, 11) is 0. The molecule has 2 saturated heterocycles. The topological polar surface area (TPSA) is 66.8 Å². The van der Waals surface area contributed by atoms with Crippen molar-refractivity contribution in [3.8, 4) is 5.75 Å². The summed E-state index contributed by atoms with van der Waals surface area (Å²) in [4.78, 5) is 29.6. The van der Waals surface area contributed by atoms with Crippen LogP contribution in [0.1, 0.15) is 63.3 Å². The zero-order valence-electron chi connectivity index (χ0n) is 22.3. The van der Waals surface area contributed by atoms with Crippen LogP contribution >= 0.6 is 27.3 Å². The first-order chi connectivity index (χ1) is 18.3. The standard InChI is InChI=1S/C31H36BrNO4S/c1-4-6-19(13-20-14-21(32)9-10-26(20)34)8-11-27-28-23(18(2)3)15-24-29(25(28)17-37-27)31(36)33(30(24)35)16-22-7-5-12-38-22/h5,7,9-10,12-14,18,24-25,27,29,34H,4,6,8,11,15-17H2,1-3H3/b19-13+/t24-,25+,27-,29-/m1/s1. The third-order valence-electron chi connectivity index (χ3n) is 8.27. The van der Waals surface area contributed by atoms with Gasteiger partial charge in [-0.2, -0.15) is 0 Å². The molecule has 2 amide bonds. The van der Waals surface area contributed by atoms with Crippen LogP contribution in [0.2, 0.25) is 0 Å². The minimum absolute atomic E-state index is 0.0176. The van der Waals surface area contributed by atoms with Crippen LogP contribution < -0.4 is 0 Å². The molecule has 0 radical (unpaired) electrons. The van der Waals surface area contributed by atoms with Crippen LogP contribution in [0.3, 0.4) is 0 Å². The van der Waals surface area contributed by atoms with Crippen LogP contribution in [-0.2, 0) is 20.9 Å². The van der Waals surface area contributed by atoms with Crippen LogP contribution in [0.5, 0.6) is 5.75 Å². The van der Waals surface area contributed by atoms with Crippen molar-refractivity contribution in [1.29, 1.82) is 0 Å². The second kappa shape index (κ2) is 11.5. The van der Waals surface area contributed by atoms with Gasteiger partial charge in [-0.25, -0.2) is 0 Å². The molecule has 0 unspecified atom stereocenters. The third kappa shape index (κ3) is 5.30. The van der Waals surface area contributed by atoms with Crippen molar-refractivity contribution in [2.75, 3.05) is 6.61 Å². The van der Waals surface area contributed by atoms with E-state index in [0.717, 1.165) is 40.6 Å². The number of halogens is 1. The van der Waals surface area contributed by atoms with E-state index in [-0.39, 0.29) is 41.4 Å². The fourth-order valence-corrected chi connectivity index (χ4v) is 7.58. The molecule has 0 bridgehead atoms. The number of phenolic OH excluding ortho intramolecular Hbond substituents is 1. The number of ether oxygens (including phenoxy) is 1. The quantitative estimate of drug-likeness (QED) is 0.242. The van der Waals surface area contributed by atoms with Gasteiger partial charge in [0.1, 0.15) is 5.75 Å². The Bertz CT molecular complexity index is 1260. The number of aromatic hydroxyl groups is 1. The summed E-state index contributed by atoms with van der Waals surface area (Å²) in [6.07, 6.45) is 6.39. The third-order valence-corrected chi connectivity index (χ3v) is 9.63. The number of hydrogen-bond donors (Lipinski definition) is 1. The van der Waals surface area contributed by atoms with Gasteiger partial charge in [-0.3, -0.25) is 14.5 Å². The number of hydrogen-bond acceptors (Lipinski definition) is 5. The van der Waals surface area contributed by atoms with Crippen LogP contribution in [0.15, 0.2) is 56.9 Å². The molecule has 38 heavy (non-hydrogen) atoms. The second-order valence-electron chi connectivity index (χ2n) is 11.0. The number of imide groups is 1. The number of thiophene rings is 1. The molecule has 202 valence electrons. The molecule has 5 rings (SSSR count). The summed E-state index contributed by atoms with van der Waals surface area (Å²) in [5.74, 6) is -0.0700. The van der Waals surface area contributed by atoms with E-state index in [4.69, 9.17) is 4.74 Å². The Morgan fingerprint density at radius 3 is 2.74 bits per heavy atom. The number of fused-ring (bicyclic) bond motifs is 3. The lowest BCUT2D eigenvalue weighted by atomic mass is 9.67. The van der Waals surface area contributed by atoms with Gasteiger partial charge in [0.25, 0.3) is 0 Å². The minimum atomic E-state index is -0.311. The van der Waals surface area contributed by atoms with E-state index in [0.29, 0.717) is 25.5 Å². The van der Waals surface area contributed by atoms with Gasteiger partial charge in [0.15, 0.2) is 0 Å². The number of phenols is 1. The maximum atomic E-state index is 13.6. The first kappa shape index (κ1) is 27.4. The first-order valence-corrected chi connectivity index (χ1v) is 15.4. The average molecular weight is 599 g/mol. The van der Waals surface area contributed by atoms with Gasteiger partial charge < -0.3 is 9.84 Å². The minimum Gasteiger partial charge on any atom is -0.507 e. The Morgan fingerprint density at radius 1 is 1.21 bits per heavy atom. The second-order valence-corrected chi connectivity index (χ2v) is 13.0. The Balaban J connectivity index is 1.37. The van der Waals surface area contributed by atoms with Gasteiger partial charge in [0.2, 0.25) is 11.8 Å². The highest BCUT2D eigenvalue weighted by Gasteiger charge is 2.57. The number of benzene rings is 1. The Morgan fingerprint density at radius 2 is 2.03 bits per heavy atom. The fraction of sp³-hybridized carbons (Fsp3) is 0.484. The van der Waals surface area contributed by atoms with E-state index in [1.54, 1.807) is 17.4 Å². The number of carbonyl (C=O) groups excluding carboxylic acids is 2. The van der Waals surface area contributed by atoms with E-state index in [9.17, 15) is 14.7 Å². The van der Waals surface area contributed by atoms with Crippen molar-refractivity contribution in [3.05, 3.63) is 67.3 Å². The summed E-state index contributed by atoms with van der Waals surface area (Å²) in [6, 6.07) is 9.44. The maximum Gasteiger partial charge on any atom is 0.234 e. The van der Waals surface area contributed by atoms with Crippen molar-refractivity contribution < 1.29 is 19.4 Å². The Labute approximate surface area is 237 Å². The molecule has 3 aliphatic rings. The number of allylic oxidation sites excluding steroid dienone is 2. The SMILES string of the molecule is CCC/C(=C\c1cc(Br)ccc1O)CC[C@H]1OC[C@H]2C1=C(C(C)C)C[C@H]1C(=O)N(Cc3cccs3)C(=O)[C@H]12. The lowest BCUT2D eigenvalue weighted by Crippen LogP contribution is -2.35. The highest BCUT2D eigenvalue weighted by atomic mass is 79.9. The largest absolute Gasteiger partial charge is 0.507 e. The first-order valence-electron chi connectivity index (χ1n) is 13.7. The maximum absolute atomic E-state index is 13.6. The van der Waals surface area contributed by atoms with Gasteiger partial charge in [-0.1, -0.05) is 66.4 Å². The summed E-state index contributed by atoms with van der Waals surface area (Å²) in [5.41, 5.74) is 4.68. The van der Waals surface area contributed by atoms with E-state index in [2.05, 4.69) is 42.8 Å². The van der Waals surface area contributed by atoms with Crippen LogP contribution in [0.4, 0.5) is 0 Å². The van der Waals surface area contributed by atoms with Gasteiger partial charge in [-0.05, 0) is 66.8 Å². The van der Waals surface area contributed by atoms with Gasteiger partial charge >= 0.3 is 0 Å². The molecule has 1 aromatic heterocycles. The zero-order chi connectivity index (χ0) is 27.0. The molecule has 0 spiro atoms. The molecule has 3 heterocycles. The monoisotopic (exact) mass is 597 g/mol. The molecule has 5 nitrogen and oxygen atoms in total. The summed E-state index contributed by atoms with van der Waals surface area (Å²) < 4.78 is 7.35. The van der Waals surface area contributed by atoms with Crippen molar-refractivity contribution in [2.24, 2.45) is 23.7 Å². The predicted molar refractivity (Wildman–Crippen MR) is 154 cm³/mol. The van der Waals surface area contributed by atoms with Crippen molar-refractivity contribution in [1.82, 2.24) is 4.90 Å². The lowest BCUT2D eigenvalue weighted by molar-refractivity contribution is -0.140. The van der Waals surface area contributed by atoms with Crippen molar-refractivity contribution >= 4 is 45.2 Å². The molecule has 7 heteroatoms. The normalized spacial score (nSPS) is 25.5. The predicted octanol–water partition coefficient (Wildman–Crippen LogP) is 7.35. The molecule has 1 aromatic carbocycles. The number of likely N-dealkylation sites (tertiary alicyclic amines) is 1. The molecule has 4 atom stereocenters. The molecule has 1 N–H and O–H groups in total. The fourth-order valence-electron chi connectivity index (χ4n) is 6.51. The van der Waals surface area contributed by atoms with Gasteiger partial charge in [0.05, 0.1) is 31.1 Å². The number of amides is 2. The van der Waals surface area contributed by atoms with Crippen molar-refractivity contribution in [3.63, 3.8) is 0 Å². The number of rotatable bonds is 9. The zero-order valence-corrected chi connectivity index (χ0v) is 24.7. The van der Waals surface area contributed by atoms with Gasteiger partial charge in [-0.15, -0.1) is 11.3 Å². The van der Waals surface area contributed by atoms with E-state index < -0.39 is 0 Å².